The van der Waals surface area contributed by atoms with Crippen LogP contribution in [0.25, 0.3) is 0 Å². The molecule has 6 rings (SSSR count). The highest BCUT2D eigenvalue weighted by atomic mass is 16.5. The summed E-state index contributed by atoms with van der Waals surface area (Å²) in [7, 11) is 0. The van der Waals surface area contributed by atoms with E-state index >= 15 is 0 Å². The third kappa shape index (κ3) is 4.93. The summed E-state index contributed by atoms with van der Waals surface area (Å²) in [5, 5.41) is 28.2. The Hall–Kier alpha value is -1.84. The van der Waals surface area contributed by atoms with Crippen LogP contribution in [-0.2, 0) is 14.3 Å². The minimum Gasteiger partial charge on any atom is -0.481 e. The first kappa shape index (κ1) is 36.0. The van der Waals surface area contributed by atoms with Crippen molar-refractivity contribution < 1.29 is 19.4 Å². The number of likely N-dealkylation sites (N-methyl/N-ethyl adjacent to an activating group) is 1. The van der Waals surface area contributed by atoms with Gasteiger partial charge in [0.25, 0.3) is 0 Å². The average Bonchev–Trinajstić information content (AvgIpc) is 3.55. The maximum atomic E-state index is 13.5. The molecule has 0 spiro atoms. The standard InChI is InChI=1S/C39H65N5O4/c1-12-40-38(11,25(4)5)21-48-32-29(44-42-23-41-43-44)19-34(7)20-47-22-39(32)28-15-16-37(10)31(33(45)46)35(8,26(6)24(2)3)17-18-36(37,9)27(28)13-14-30(34)39/h15,23-27,29-32,40H,12-14,16-22H2,1-11H3,(H,45,46)/t26-,27+,29-,30-,31-,32+,34-,35-,36-,37+,38-,39+/m1/s1. The van der Waals surface area contributed by atoms with Gasteiger partial charge in [-0.05, 0) is 108 Å². The number of aromatic nitrogens is 4. The zero-order valence-corrected chi connectivity index (χ0v) is 31.8. The Morgan fingerprint density at radius 2 is 1.85 bits per heavy atom. The van der Waals surface area contributed by atoms with Gasteiger partial charge in [0, 0.05) is 11.0 Å². The minimum atomic E-state index is -0.622. The molecule has 270 valence electrons. The second kappa shape index (κ2) is 12.1. The number of carbonyl (C=O) groups is 1. The van der Waals surface area contributed by atoms with Gasteiger partial charge in [0.05, 0.1) is 31.8 Å². The van der Waals surface area contributed by atoms with E-state index in [9.17, 15) is 9.90 Å². The number of ether oxygens (including phenoxy) is 2. The van der Waals surface area contributed by atoms with Gasteiger partial charge in [-0.3, -0.25) is 4.79 Å². The lowest BCUT2D eigenvalue weighted by Gasteiger charge is -2.71. The smallest absolute Gasteiger partial charge is 0.307 e. The highest BCUT2D eigenvalue weighted by molar-refractivity contribution is 5.73. The number of rotatable bonds is 10. The minimum absolute atomic E-state index is 0.0612. The first-order chi connectivity index (χ1) is 22.4. The van der Waals surface area contributed by atoms with Crippen LogP contribution in [0.5, 0.6) is 0 Å². The summed E-state index contributed by atoms with van der Waals surface area (Å²) < 4.78 is 14.1. The molecule has 4 fully saturated rings. The molecule has 48 heavy (non-hydrogen) atoms. The van der Waals surface area contributed by atoms with Crippen molar-refractivity contribution in [1.29, 1.82) is 0 Å². The van der Waals surface area contributed by atoms with E-state index < -0.39 is 11.9 Å². The summed E-state index contributed by atoms with van der Waals surface area (Å²) in [5.74, 6) is 0.725. The zero-order valence-electron chi connectivity index (χ0n) is 31.8. The Balaban J connectivity index is 1.50. The lowest BCUT2D eigenvalue weighted by atomic mass is 9.34. The number of allylic oxidation sites excluding steroid dienone is 1. The first-order valence-electron chi connectivity index (χ1n) is 19.1. The largest absolute Gasteiger partial charge is 0.481 e. The lowest BCUT2D eigenvalue weighted by Crippen LogP contribution is -2.70. The molecule has 1 aromatic heterocycles. The van der Waals surface area contributed by atoms with Gasteiger partial charge in [-0.1, -0.05) is 80.9 Å². The number of nitrogens with zero attached hydrogens (tertiary/aromatic N) is 4. The Kier molecular flexibility index (Phi) is 9.10. The number of nitrogens with one attached hydrogen (secondary N) is 1. The van der Waals surface area contributed by atoms with Gasteiger partial charge in [0.1, 0.15) is 6.04 Å². The second-order valence-electron chi connectivity index (χ2n) is 18.7. The third-order valence-electron chi connectivity index (χ3n) is 16.1. The van der Waals surface area contributed by atoms with Gasteiger partial charge in [-0.2, -0.15) is 4.80 Å². The molecule has 1 saturated heterocycles. The Morgan fingerprint density at radius 3 is 2.46 bits per heavy atom. The molecule has 2 N–H and O–H groups in total. The highest BCUT2D eigenvalue weighted by Crippen LogP contribution is 2.75. The van der Waals surface area contributed by atoms with E-state index in [2.05, 4.69) is 103 Å². The van der Waals surface area contributed by atoms with Crippen molar-refractivity contribution in [2.24, 2.45) is 62.6 Å². The molecule has 4 aliphatic carbocycles. The number of aliphatic carboxylic acids is 1. The Morgan fingerprint density at radius 1 is 1.12 bits per heavy atom. The van der Waals surface area contributed by atoms with E-state index in [1.807, 2.05) is 4.80 Å². The van der Waals surface area contributed by atoms with Crippen LogP contribution < -0.4 is 5.32 Å². The van der Waals surface area contributed by atoms with Crippen molar-refractivity contribution in [1.82, 2.24) is 25.5 Å². The van der Waals surface area contributed by atoms with E-state index in [0.717, 1.165) is 51.7 Å². The van der Waals surface area contributed by atoms with Crippen LogP contribution in [0.2, 0.25) is 0 Å². The molecule has 1 aromatic rings. The van der Waals surface area contributed by atoms with Crippen molar-refractivity contribution in [3.05, 3.63) is 18.0 Å². The molecule has 12 atom stereocenters. The maximum absolute atomic E-state index is 13.5. The predicted molar refractivity (Wildman–Crippen MR) is 187 cm³/mol. The second-order valence-corrected chi connectivity index (χ2v) is 18.7. The molecule has 3 saturated carbocycles. The van der Waals surface area contributed by atoms with Crippen molar-refractivity contribution in [2.75, 3.05) is 26.4 Å². The number of tetrazole rings is 1. The molecule has 9 nitrogen and oxygen atoms in total. The molecule has 0 unspecified atom stereocenters. The highest BCUT2D eigenvalue weighted by Gasteiger charge is 2.73. The van der Waals surface area contributed by atoms with E-state index in [-0.39, 0.29) is 50.7 Å². The Labute approximate surface area is 289 Å². The van der Waals surface area contributed by atoms with E-state index in [0.29, 0.717) is 36.9 Å². The normalized spacial score (nSPS) is 44.3. The molecule has 5 aliphatic rings. The molecule has 9 heteroatoms. The topological polar surface area (TPSA) is 111 Å². The quantitative estimate of drug-likeness (QED) is 0.252. The summed E-state index contributed by atoms with van der Waals surface area (Å²) >= 11 is 0. The van der Waals surface area contributed by atoms with Crippen LogP contribution in [0.3, 0.4) is 0 Å². The van der Waals surface area contributed by atoms with Gasteiger partial charge in [0.2, 0.25) is 0 Å². The molecular formula is C39H65N5O4. The first-order valence-corrected chi connectivity index (χ1v) is 19.1. The van der Waals surface area contributed by atoms with Crippen LogP contribution in [-0.4, -0.2) is 69.3 Å². The fourth-order valence-corrected chi connectivity index (χ4v) is 12.5. The SMILES string of the molecule is CCN[C@](C)(CO[C@H]1[C@H](n2ncnn2)C[C@]2(C)COC[C@@]13C1=CC[C@@]4(C)[C@H](C(=O)O)[C@@](C)([C@H](C)C(C)C)CC[C@]4(C)[C@H]1CC[C@H]23)C(C)C. The number of hydrogen-bond acceptors (Lipinski definition) is 7. The van der Waals surface area contributed by atoms with Crippen LogP contribution in [0.1, 0.15) is 121 Å². The molecule has 0 amide bonds. The maximum Gasteiger partial charge on any atom is 0.307 e. The molecule has 1 aliphatic heterocycles. The van der Waals surface area contributed by atoms with E-state index in [4.69, 9.17) is 9.47 Å². The van der Waals surface area contributed by atoms with Gasteiger partial charge in [0.15, 0.2) is 6.33 Å². The molecule has 0 aromatic carbocycles. The van der Waals surface area contributed by atoms with Crippen LogP contribution in [0.15, 0.2) is 18.0 Å². The number of hydrogen-bond donors (Lipinski definition) is 2. The van der Waals surface area contributed by atoms with Gasteiger partial charge in [-0.15, -0.1) is 10.2 Å². The van der Waals surface area contributed by atoms with Crippen LogP contribution in [0, 0.1) is 62.6 Å². The summed E-state index contributed by atoms with van der Waals surface area (Å²) in [6.45, 7) is 28.0. The molecule has 2 heterocycles. The number of carboxylic acid groups (broad SMARTS) is 1. The third-order valence-corrected chi connectivity index (χ3v) is 16.1. The van der Waals surface area contributed by atoms with Gasteiger partial charge in [-0.25, -0.2) is 0 Å². The summed E-state index contributed by atoms with van der Waals surface area (Å²) in [4.78, 5) is 15.3. The molecule has 0 radical (unpaired) electrons. The van der Waals surface area contributed by atoms with Crippen LogP contribution >= 0.6 is 0 Å². The van der Waals surface area contributed by atoms with Crippen molar-refractivity contribution >= 4 is 5.97 Å². The summed E-state index contributed by atoms with van der Waals surface area (Å²) in [6, 6.07) is -0.0789. The van der Waals surface area contributed by atoms with Crippen molar-refractivity contribution in [3.63, 3.8) is 0 Å². The monoisotopic (exact) mass is 668 g/mol. The van der Waals surface area contributed by atoms with E-state index in [1.165, 1.54) is 5.57 Å². The van der Waals surface area contributed by atoms with Crippen molar-refractivity contribution in [3.8, 4) is 0 Å². The number of carboxylic acids is 1. The van der Waals surface area contributed by atoms with Gasteiger partial charge < -0.3 is 19.9 Å². The summed E-state index contributed by atoms with van der Waals surface area (Å²) in [6.07, 6.45) is 9.64. The molecule has 2 bridgehead atoms. The lowest BCUT2D eigenvalue weighted by molar-refractivity contribution is -0.256. The Bertz CT molecular complexity index is 1380. The van der Waals surface area contributed by atoms with E-state index in [1.54, 1.807) is 6.33 Å². The van der Waals surface area contributed by atoms with Crippen LogP contribution in [0.4, 0.5) is 0 Å². The zero-order chi connectivity index (χ0) is 35.1. The fraction of sp³-hybridized carbons (Fsp3) is 0.897. The van der Waals surface area contributed by atoms with Crippen molar-refractivity contribution in [2.45, 2.75) is 132 Å². The average molecular weight is 668 g/mol. The molecular weight excluding hydrogens is 602 g/mol. The summed E-state index contributed by atoms with van der Waals surface area (Å²) in [5.41, 5.74) is 0.0504. The van der Waals surface area contributed by atoms with Gasteiger partial charge >= 0.3 is 5.97 Å². The predicted octanol–water partition coefficient (Wildman–Crippen LogP) is 7.21. The fourth-order valence-electron chi connectivity index (χ4n) is 12.5. The number of fused-ring (bicyclic) bond motifs is 3.